The largest absolute Gasteiger partial charge is 0.496 e. The van der Waals surface area contributed by atoms with Crippen LogP contribution in [0.4, 0.5) is 13.2 Å². The zero-order valence-corrected chi connectivity index (χ0v) is 19.8. The third-order valence-corrected chi connectivity index (χ3v) is 6.49. The average Bonchev–Trinajstić information content (AvgIpc) is 3.22. The summed E-state index contributed by atoms with van der Waals surface area (Å²) in [7, 11) is 1.32. The molecule has 1 N–H and O–H groups in total. The smallest absolute Gasteiger partial charge is 0.387 e. The van der Waals surface area contributed by atoms with E-state index >= 15 is 0 Å². The molecule has 1 aliphatic carbocycles. The molecule has 1 amide bonds. The normalized spacial score (nSPS) is 19.6. The summed E-state index contributed by atoms with van der Waals surface area (Å²) in [5, 5.41) is 3.20. The van der Waals surface area contributed by atoms with Crippen LogP contribution in [-0.2, 0) is 0 Å². The van der Waals surface area contributed by atoms with Gasteiger partial charge in [0.05, 0.1) is 19.4 Å². The molecule has 3 aromatic rings. The van der Waals surface area contributed by atoms with Crippen LogP contribution in [0.2, 0.25) is 0 Å². The van der Waals surface area contributed by atoms with E-state index in [1.54, 1.807) is 6.07 Å². The number of methoxy groups -OCH3 is 1. The van der Waals surface area contributed by atoms with Crippen LogP contribution in [0.25, 0.3) is 22.1 Å². The number of nitrogens with one attached hydrogen (secondary N) is 1. The predicted molar refractivity (Wildman–Crippen MR) is 127 cm³/mol. The quantitative estimate of drug-likeness (QED) is 0.418. The molecule has 0 unspecified atom stereocenters. The van der Waals surface area contributed by atoms with E-state index in [4.69, 9.17) is 13.9 Å². The number of fused-ring (bicyclic) bond motifs is 1. The summed E-state index contributed by atoms with van der Waals surface area (Å²) in [5.74, 6) is -0.427. The molecule has 2 aliphatic rings. The van der Waals surface area contributed by atoms with E-state index in [1.807, 2.05) is 12.1 Å². The van der Waals surface area contributed by atoms with Crippen molar-refractivity contribution in [3.8, 4) is 28.4 Å². The van der Waals surface area contributed by atoms with Gasteiger partial charge in [0.2, 0.25) is 0 Å². The van der Waals surface area contributed by atoms with Crippen molar-refractivity contribution < 1.29 is 36.6 Å². The Bertz CT molecular complexity index is 1240. The SMILES string of the molecule is COc1cc(-c2coc3cc(OCCN4CCCC4)ccc23)cc(OC(F)F)c1C(=O)N[C@H]1C[C@@H]1F. The van der Waals surface area contributed by atoms with Gasteiger partial charge in [-0.3, -0.25) is 9.69 Å². The van der Waals surface area contributed by atoms with Gasteiger partial charge in [-0.05, 0) is 55.8 Å². The van der Waals surface area contributed by atoms with Crippen LogP contribution in [0.1, 0.15) is 29.6 Å². The van der Waals surface area contributed by atoms with Gasteiger partial charge in [-0.15, -0.1) is 0 Å². The van der Waals surface area contributed by atoms with Crippen LogP contribution in [0.15, 0.2) is 41.0 Å². The number of nitrogens with zero attached hydrogens (tertiary/aromatic N) is 1. The standard InChI is InChI=1S/C26H27F3N2O5/c1-33-22-10-15(11-23(36-26(28)29)24(22)25(32)30-20-13-19(20)27)18-14-35-21-12-16(4-5-17(18)21)34-9-8-31-6-2-3-7-31/h4-5,10-12,14,19-20,26H,2-3,6-9,13H2,1H3,(H,30,32)/t19-,20-/m0/s1. The van der Waals surface area contributed by atoms with Gasteiger partial charge >= 0.3 is 6.61 Å². The Kier molecular flexibility index (Phi) is 6.95. The van der Waals surface area contributed by atoms with Crippen LogP contribution in [0, 0.1) is 0 Å². The first kappa shape index (κ1) is 24.3. The van der Waals surface area contributed by atoms with Crippen molar-refractivity contribution in [2.45, 2.75) is 38.1 Å². The Morgan fingerprint density at radius 2 is 1.94 bits per heavy atom. The molecular weight excluding hydrogens is 477 g/mol. The molecule has 0 radical (unpaired) electrons. The molecule has 7 nitrogen and oxygen atoms in total. The number of halogens is 3. The van der Waals surface area contributed by atoms with Gasteiger partial charge in [0.15, 0.2) is 0 Å². The molecule has 0 bridgehead atoms. The minimum absolute atomic E-state index is 0.0212. The fourth-order valence-electron chi connectivity index (χ4n) is 4.49. The van der Waals surface area contributed by atoms with Crippen molar-refractivity contribution in [1.82, 2.24) is 10.2 Å². The highest BCUT2D eigenvalue weighted by Crippen LogP contribution is 2.40. The van der Waals surface area contributed by atoms with Gasteiger partial charge in [-0.2, -0.15) is 8.78 Å². The van der Waals surface area contributed by atoms with Gasteiger partial charge in [0.1, 0.15) is 41.2 Å². The molecule has 1 aromatic heterocycles. The lowest BCUT2D eigenvalue weighted by atomic mass is 10.0. The van der Waals surface area contributed by atoms with Crippen LogP contribution in [0.5, 0.6) is 17.2 Å². The molecule has 2 heterocycles. The number of alkyl halides is 3. The Labute approximate surface area is 206 Å². The molecule has 1 aliphatic heterocycles. The van der Waals surface area contributed by atoms with Crippen LogP contribution in [-0.4, -0.2) is 63.0 Å². The van der Waals surface area contributed by atoms with Gasteiger partial charge in [0, 0.05) is 30.0 Å². The summed E-state index contributed by atoms with van der Waals surface area (Å²) < 4.78 is 61.3. The number of rotatable bonds is 10. The number of benzene rings is 2. The molecule has 2 aromatic carbocycles. The minimum atomic E-state index is -3.17. The molecule has 1 saturated heterocycles. The maximum atomic E-state index is 13.3. The Morgan fingerprint density at radius 3 is 2.64 bits per heavy atom. The second-order valence-corrected chi connectivity index (χ2v) is 8.97. The summed E-state index contributed by atoms with van der Waals surface area (Å²) in [4.78, 5) is 15.1. The lowest BCUT2D eigenvalue weighted by Crippen LogP contribution is -2.28. The number of furan rings is 1. The summed E-state index contributed by atoms with van der Waals surface area (Å²) in [6.45, 7) is 0.455. The lowest BCUT2D eigenvalue weighted by molar-refractivity contribution is -0.0502. The van der Waals surface area contributed by atoms with Crippen molar-refractivity contribution in [1.29, 1.82) is 0 Å². The van der Waals surface area contributed by atoms with Crippen molar-refractivity contribution >= 4 is 16.9 Å². The number of ether oxygens (including phenoxy) is 3. The van der Waals surface area contributed by atoms with E-state index < -0.39 is 24.7 Å². The molecular formula is C26H27F3N2O5. The highest BCUT2D eigenvalue weighted by atomic mass is 19.3. The van der Waals surface area contributed by atoms with E-state index in [9.17, 15) is 18.0 Å². The number of hydrogen-bond donors (Lipinski definition) is 1. The fraction of sp³-hybridized carbons (Fsp3) is 0.423. The first-order chi connectivity index (χ1) is 17.4. The van der Waals surface area contributed by atoms with Gasteiger partial charge in [-0.25, -0.2) is 4.39 Å². The summed E-state index contributed by atoms with van der Waals surface area (Å²) >= 11 is 0. The van der Waals surface area contributed by atoms with Crippen molar-refractivity contribution in [2.24, 2.45) is 0 Å². The molecule has 192 valence electrons. The topological polar surface area (TPSA) is 73.2 Å². The minimum Gasteiger partial charge on any atom is -0.496 e. The first-order valence-corrected chi connectivity index (χ1v) is 11.9. The van der Waals surface area contributed by atoms with E-state index in [-0.39, 0.29) is 23.5 Å². The molecule has 10 heteroatoms. The molecule has 2 atom stereocenters. The zero-order valence-electron chi connectivity index (χ0n) is 19.8. The molecule has 5 rings (SSSR count). The third kappa shape index (κ3) is 5.23. The maximum Gasteiger partial charge on any atom is 0.387 e. The van der Waals surface area contributed by atoms with Crippen LogP contribution in [0.3, 0.4) is 0 Å². The average molecular weight is 505 g/mol. The molecule has 0 spiro atoms. The van der Waals surface area contributed by atoms with Crippen LogP contribution >= 0.6 is 0 Å². The molecule has 36 heavy (non-hydrogen) atoms. The lowest BCUT2D eigenvalue weighted by Gasteiger charge is -2.16. The number of carbonyl (C=O) groups excluding carboxylic acids is 1. The predicted octanol–water partition coefficient (Wildman–Crippen LogP) is 5.02. The number of amides is 1. The van der Waals surface area contributed by atoms with E-state index in [0.29, 0.717) is 29.1 Å². The Morgan fingerprint density at radius 1 is 1.19 bits per heavy atom. The second-order valence-electron chi connectivity index (χ2n) is 8.97. The highest BCUT2D eigenvalue weighted by molar-refractivity contribution is 6.02. The Balaban J connectivity index is 1.41. The van der Waals surface area contributed by atoms with Gasteiger partial charge < -0.3 is 23.9 Å². The number of hydrogen-bond acceptors (Lipinski definition) is 6. The van der Waals surface area contributed by atoms with Crippen molar-refractivity contribution in [2.75, 3.05) is 33.4 Å². The third-order valence-electron chi connectivity index (χ3n) is 6.49. The van der Waals surface area contributed by atoms with E-state index in [1.165, 1.54) is 38.3 Å². The molecule has 1 saturated carbocycles. The summed E-state index contributed by atoms with van der Waals surface area (Å²) in [6, 6.07) is 7.65. The van der Waals surface area contributed by atoms with Crippen LogP contribution < -0.4 is 19.5 Å². The van der Waals surface area contributed by atoms with E-state index in [0.717, 1.165) is 25.0 Å². The van der Waals surface area contributed by atoms with Gasteiger partial charge in [0.25, 0.3) is 5.91 Å². The second kappa shape index (κ2) is 10.3. The van der Waals surface area contributed by atoms with E-state index in [2.05, 4.69) is 15.0 Å². The fourth-order valence-corrected chi connectivity index (χ4v) is 4.49. The summed E-state index contributed by atoms with van der Waals surface area (Å²) in [5.41, 5.74) is 1.39. The van der Waals surface area contributed by atoms with Crippen molar-refractivity contribution in [3.63, 3.8) is 0 Å². The maximum absolute atomic E-state index is 13.3. The Hall–Kier alpha value is -3.40. The summed E-state index contributed by atoms with van der Waals surface area (Å²) in [6.07, 6.45) is 2.98. The zero-order chi connectivity index (χ0) is 25.2. The monoisotopic (exact) mass is 504 g/mol. The number of carbonyl (C=O) groups is 1. The number of likely N-dealkylation sites (tertiary alicyclic amines) is 1. The molecule has 2 fully saturated rings. The van der Waals surface area contributed by atoms with Crippen molar-refractivity contribution in [3.05, 3.63) is 42.2 Å². The highest BCUT2D eigenvalue weighted by Gasteiger charge is 2.40. The first-order valence-electron chi connectivity index (χ1n) is 11.9. The van der Waals surface area contributed by atoms with Gasteiger partial charge in [-0.1, -0.05) is 0 Å².